The van der Waals surface area contributed by atoms with Crippen molar-refractivity contribution in [2.75, 3.05) is 0 Å². The lowest BCUT2D eigenvalue weighted by atomic mass is 9.98. The highest BCUT2D eigenvalue weighted by Crippen LogP contribution is 2.36. The summed E-state index contributed by atoms with van der Waals surface area (Å²) >= 11 is 6.19. The second kappa shape index (κ2) is 5.06. The number of halogens is 1. The van der Waals surface area contributed by atoms with Gasteiger partial charge in [0.2, 0.25) is 0 Å². The third-order valence-electron chi connectivity index (χ3n) is 4.14. The van der Waals surface area contributed by atoms with Gasteiger partial charge in [-0.15, -0.1) is 0 Å². The molecule has 0 spiro atoms. The number of hydrogen-bond donors (Lipinski definition) is 1. The van der Waals surface area contributed by atoms with Crippen LogP contribution in [0.15, 0.2) is 18.2 Å². The van der Waals surface area contributed by atoms with E-state index in [-0.39, 0.29) is 5.56 Å². The number of aromatic carboxylic acids is 1. The number of carboxylic acid groups (broad SMARTS) is 1. The van der Waals surface area contributed by atoms with Crippen LogP contribution in [0.2, 0.25) is 5.02 Å². The van der Waals surface area contributed by atoms with Gasteiger partial charge in [-0.05, 0) is 37.5 Å². The van der Waals surface area contributed by atoms with Crippen LogP contribution in [0, 0.1) is 6.92 Å². The Morgan fingerprint density at radius 3 is 2.70 bits per heavy atom. The monoisotopic (exact) mass is 289 g/mol. The molecule has 20 heavy (non-hydrogen) atoms. The minimum atomic E-state index is -0.941. The number of aromatic nitrogens is 1. The molecule has 1 N–H and O–H groups in total. The Hall–Kier alpha value is -1.61. The van der Waals surface area contributed by atoms with Gasteiger partial charge in [0.25, 0.3) is 0 Å². The van der Waals surface area contributed by atoms with E-state index in [1.54, 1.807) is 12.1 Å². The summed E-state index contributed by atoms with van der Waals surface area (Å²) in [5, 5.41) is 10.5. The molecule has 0 atom stereocenters. The third-order valence-corrected chi connectivity index (χ3v) is 4.45. The molecular weight excluding hydrogens is 274 g/mol. The standard InChI is InChI=1S/C16H16ClNO2/c1-9-6-7-12(17)14-11(16(19)20)8-13(18-15(9)14)10-4-2-3-5-10/h6-8,10H,2-5H2,1H3,(H,19,20). The quantitative estimate of drug-likeness (QED) is 0.882. The van der Waals surface area contributed by atoms with Crippen LogP contribution in [-0.4, -0.2) is 16.1 Å². The van der Waals surface area contributed by atoms with Gasteiger partial charge in [-0.3, -0.25) is 4.98 Å². The molecule has 1 aromatic carbocycles. The Kier molecular flexibility index (Phi) is 3.38. The van der Waals surface area contributed by atoms with Crippen molar-refractivity contribution in [1.82, 2.24) is 4.98 Å². The molecule has 1 heterocycles. The number of hydrogen-bond acceptors (Lipinski definition) is 2. The van der Waals surface area contributed by atoms with E-state index in [9.17, 15) is 9.90 Å². The van der Waals surface area contributed by atoms with Crippen LogP contribution in [0.25, 0.3) is 10.9 Å². The molecule has 104 valence electrons. The van der Waals surface area contributed by atoms with Crippen molar-refractivity contribution >= 4 is 28.5 Å². The normalized spacial score (nSPS) is 15.9. The molecule has 1 saturated carbocycles. The number of carboxylic acids is 1. The molecule has 1 aliphatic rings. The molecule has 1 aromatic heterocycles. The van der Waals surface area contributed by atoms with Crippen LogP contribution < -0.4 is 0 Å². The average Bonchev–Trinajstić information content (AvgIpc) is 2.96. The first-order valence-corrected chi connectivity index (χ1v) is 7.29. The zero-order valence-electron chi connectivity index (χ0n) is 11.3. The van der Waals surface area contributed by atoms with Gasteiger partial charge in [0.1, 0.15) is 0 Å². The van der Waals surface area contributed by atoms with Gasteiger partial charge in [0.05, 0.1) is 16.1 Å². The second-order valence-corrected chi connectivity index (χ2v) is 5.88. The lowest BCUT2D eigenvalue weighted by Gasteiger charge is -2.14. The molecule has 1 fully saturated rings. The van der Waals surface area contributed by atoms with E-state index in [0.717, 1.165) is 29.6 Å². The van der Waals surface area contributed by atoms with E-state index in [2.05, 4.69) is 0 Å². The van der Waals surface area contributed by atoms with Gasteiger partial charge in [-0.25, -0.2) is 4.79 Å². The lowest BCUT2D eigenvalue weighted by molar-refractivity contribution is 0.0699. The SMILES string of the molecule is Cc1ccc(Cl)c2c(C(=O)O)cc(C3CCCC3)nc12. The fourth-order valence-electron chi connectivity index (χ4n) is 3.05. The fraction of sp³-hybridized carbons (Fsp3) is 0.375. The first kappa shape index (κ1) is 13.4. The van der Waals surface area contributed by atoms with Gasteiger partial charge in [-0.1, -0.05) is 30.5 Å². The number of pyridine rings is 1. The molecule has 0 unspecified atom stereocenters. The molecule has 4 heteroatoms. The number of fused-ring (bicyclic) bond motifs is 1. The summed E-state index contributed by atoms with van der Waals surface area (Å²) < 4.78 is 0. The summed E-state index contributed by atoms with van der Waals surface area (Å²) in [4.78, 5) is 16.3. The van der Waals surface area contributed by atoms with Crippen LogP contribution in [0.3, 0.4) is 0 Å². The van der Waals surface area contributed by atoms with Crippen LogP contribution in [0.4, 0.5) is 0 Å². The number of benzene rings is 1. The average molecular weight is 290 g/mol. The van der Waals surface area contributed by atoms with E-state index >= 15 is 0 Å². The van der Waals surface area contributed by atoms with Crippen LogP contribution in [0.5, 0.6) is 0 Å². The third kappa shape index (κ3) is 2.16. The molecule has 0 aliphatic heterocycles. The largest absolute Gasteiger partial charge is 0.478 e. The molecule has 0 amide bonds. The second-order valence-electron chi connectivity index (χ2n) is 5.47. The fourth-order valence-corrected chi connectivity index (χ4v) is 3.31. The maximum absolute atomic E-state index is 11.6. The summed E-state index contributed by atoms with van der Waals surface area (Å²) in [7, 11) is 0. The van der Waals surface area contributed by atoms with Crippen molar-refractivity contribution in [2.45, 2.75) is 38.5 Å². The number of nitrogens with zero attached hydrogens (tertiary/aromatic N) is 1. The summed E-state index contributed by atoms with van der Waals surface area (Å²) in [6, 6.07) is 5.34. The predicted molar refractivity (Wildman–Crippen MR) is 79.7 cm³/mol. The van der Waals surface area contributed by atoms with Crippen molar-refractivity contribution in [3.05, 3.63) is 40.0 Å². The highest BCUT2D eigenvalue weighted by atomic mass is 35.5. The first-order chi connectivity index (χ1) is 9.58. The van der Waals surface area contributed by atoms with Crippen molar-refractivity contribution in [2.24, 2.45) is 0 Å². The van der Waals surface area contributed by atoms with E-state index in [1.165, 1.54) is 12.8 Å². The van der Waals surface area contributed by atoms with Crippen molar-refractivity contribution in [3.63, 3.8) is 0 Å². The zero-order chi connectivity index (χ0) is 14.3. The van der Waals surface area contributed by atoms with Crippen LogP contribution in [0.1, 0.15) is 53.2 Å². The van der Waals surface area contributed by atoms with Gasteiger partial charge >= 0.3 is 5.97 Å². The number of aryl methyl sites for hydroxylation is 1. The maximum Gasteiger partial charge on any atom is 0.336 e. The minimum Gasteiger partial charge on any atom is -0.478 e. The van der Waals surface area contributed by atoms with Crippen molar-refractivity contribution in [3.8, 4) is 0 Å². The first-order valence-electron chi connectivity index (χ1n) is 6.91. The highest BCUT2D eigenvalue weighted by molar-refractivity contribution is 6.36. The molecule has 3 rings (SSSR count). The highest BCUT2D eigenvalue weighted by Gasteiger charge is 2.22. The smallest absolute Gasteiger partial charge is 0.336 e. The summed E-state index contributed by atoms with van der Waals surface area (Å²) in [5.41, 5.74) is 2.86. The summed E-state index contributed by atoms with van der Waals surface area (Å²) in [5.74, 6) is -0.556. The van der Waals surface area contributed by atoms with Gasteiger partial charge in [0.15, 0.2) is 0 Å². The molecule has 0 saturated heterocycles. The Bertz CT molecular complexity index is 690. The van der Waals surface area contributed by atoms with Crippen LogP contribution >= 0.6 is 11.6 Å². The maximum atomic E-state index is 11.6. The van der Waals surface area contributed by atoms with Crippen molar-refractivity contribution in [1.29, 1.82) is 0 Å². The minimum absolute atomic E-state index is 0.269. The summed E-state index contributed by atoms with van der Waals surface area (Å²) in [6.07, 6.45) is 4.58. The number of carbonyl (C=O) groups is 1. The van der Waals surface area contributed by atoms with E-state index in [1.807, 2.05) is 13.0 Å². The van der Waals surface area contributed by atoms with Gasteiger partial charge in [0, 0.05) is 17.0 Å². The predicted octanol–water partition coefficient (Wildman–Crippen LogP) is 4.55. The summed E-state index contributed by atoms with van der Waals surface area (Å²) in [6.45, 7) is 1.94. The lowest BCUT2D eigenvalue weighted by Crippen LogP contribution is -2.05. The Morgan fingerprint density at radius 1 is 1.35 bits per heavy atom. The Morgan fingerprint density at radius 2 is 2.05 bits per heavy atom. The topological polar surface area (TPSA) is 50.2 Å². The Balaban J connectivity index is 2.30. The molecule has 2 aromatic rings. The van der Waals surface area contributed by atoms with Gasteiger partial charge < -0.3 is 5.11 Å². The van der Waals surface area contributed by atoms with E-state index < -0.39 is 5.97 Å². The Labute approximate surface area is 122 Å². The molecule has 3 nitrogen and oxygen atoms in total. The van der Waals surface area contributed by atoms with Crippen LogP contribution in [-0.2, 0) is 0 Å². The van der Waals surface area contributed by atoms with Crippen molar-refractivity contribution < 1.29 is 9.90 Å². The molecular formula is C16H16ClNO2. The molecule has 0 bridgehead atoms. The zero-order valence-corrected chi connectivity index (χ0v) is 12.1. The molecule has 1 aliphatic carbocycles. The number of rotatable bonds is 2. The molecule has 0 radical (unpaired) electrons. The van der Waals surface area contributed by atoms with E-state index in [0.29, 0.717) is 16.3 Å². The van der Waals surface area contributed by atoms with Gasteiger partial charge in [-0.2, -0.15) is 0 Å². The van der Waals surface area contributed by atoms with E-state index in [4.69, 9.17) is 16.6 Å².